The fraction of sp³-hybridized carbons (Fsp3) is 0.176. The monoisotopic (exact) mass is 284 g/mol. The number of para-hydroxylation sites is 1. The minimum Gasteiger partial charge on any atom is -0.481 e. The van der Waals surface area contributed by atoms with E-state index in [0.29, 0.717) is 11.3 Å². The van der Waals surface area contributed by atoms with E-state index in [2.05, 4.69) is 0 Å². The number of carboxylic acid groups (broad SMARTS) is 1. The van der Waals surface area contributed by atoms with Crippen molar-refractivity contribution in [2.75, 3.05) is 0 Å². The Morgan fingerprint density at radius 2 is 1.57 bits per heavy atom. The van der Waals surface area contributed by atoms with Gasteiger partial charge in [0.1, 0.15) is 11.5 Å². The van der Waals surface area contributed by atoms with Crippen LogP contribution >= 0.6 is 0 Å². The first-order chi connectivity index (χ1) is 10.1. The quantitative estimate of drug-likeness (QED) is 0.820. The van der Waals surface area contributed by atoms with Gasteiger partial charge in [0.05, 0.1) is 5.92 Å². The minimum absolute atomic E-state index is 0.00573. The topological polar surface area (TPSA) is 63.6 Å². The molecular formula is C17H16O4. The highest BCUT2D eigenvalue weighted by Gasteiger charge is 2.16. The summed E-state index contributed by atoms with van der Waals surface area (Å²) in [6.07, 6.45) is -0.00573. The molecule has 0 spiro atoms. The Labute approximate surface area is 123 Å². The molecule has 1 atom stereocenters. The minimum atomic E-state index is -0.965. The Balaban J connectivity index is 2.02. The summed E-state index contributed by atoms with van der Waals surface area (Å²) < 4.78 is 5.63. The molecule has 2 aromatic rings. The van der Waals surface area contributed by atoms with Crippen LogP contribution in [0.1, 0.15) is 23.7 Å². The number of hydrogen-bond donors (Lipinski definition) is 1. The van der Waals surface area contributed by atoms with E-state index in [9.17, 15) is 9.59 Å². The fourth-order valence-electron chi connectivity index (χ4n) is 1.82. The Morgan fingerprint density at radius 1 is 1.00 bits per heavy atom. The molecule has 0 aliphatic heterocycles. The molecule has 4 nitrogen and oxygen atoms in total. The zero-order valence-corrected chi connectivity index (χ0v) is 11.7. The summed E-state index contributed by atoms with van der Waals surface area (Å²) >= 11 is 0. The Bertz CT molecular complexity index is 617. The van der Waals surface area contributed by atoms with Crippen molar-refractivity contribution in [2.24, 2.45) is 5.92 Å². The van der Waals surface area contributed by atoms with Crippen molar-refractivity contribution in [3.05, 3.63) is 60.2 Å². The summed E-state index contributed by atoms with van der Waals surface area (Å²) in [5.41, 5.74) is 0.489. The molecular weight excluding hydrogens is 268 g/mol. The van der Waals surface area contributed by atoms with Gasteiger partial charge in [-0.05, 0) is 36.4 Å². The average molecular weight is 284 g/mol. The molecule has 0 aliphatic rings. The number of carboxylic acids is 1. The van der Waals surface area contributed by atoms with Crippen molar-refractivity contribution in [2.45, 2.75) is 13.3 Å². The van der Waals surface area contributed by atoms with E-state index in [1.807, 2.05) is 30.3 Å². The number of aliphatic carboxylic acids is 1. The number of ether oxygens (including phenoxy) is 1. The Kier molecular flexibility index (Phi) is 4.72. The largest absolute Gasteiger partial charge is 0.481 e. The van der Waals surface area contributed by atoms with Gasteiger partial charge < -0.3 is 9.84 Å². The van der Waals surface area contributed by atoms with Crippen molar-refractivity contribution in [1.82, 2.24) is 0 Å². The highest BCUT2D eigenvalue weighted by molar-refractivity contribution is 5.97. The normalized spacial score (nSPS) is 11.7. The first-order valence-electron chi connectivity index (χ1n) is 6.65. The molecule has 0 heterocycles. The van der Waals surface area contributed by atoms with Crippen molar-refractivity contribution in [1.29, 1.82) is 0 Å². The highest BCUT2D eigenvalue weighted by atomic mass is 16.5. The lowest BCUT2D eigenvalue weighted by molar-refractivity contribution is -0.141. The third-order valence-corrected chi connectivity index (χ3v) is 3.07. The van der Waals surface area contributed by atoms with Crippen molar-refractivity contribution < 1.29 is 19.4 Å². The molecule has 4 heteroatoms. The van der Waals surface area contributed by atoms with E-state index in [4.69, 9.17) is 9.84 Å². The fourth-order valence-corrected chi connectivity index (χ4v) is 1.82. The van der Waals surface area contributed by atoms with Crippen LogP contribution in [0.5, 0.6) is 11.5 Å². The summed E-state index contributed by atoms with van der Waals surface area (Å²) in [5.74, 6) is -0.485. The molecule has 0 unspecified atom stereocenters. The number of hydrogen-bond acceptors (Lipinski definition) is 3. The Morgan fingerprint density at radius 3 is 2.14 bits per heavy atom. The molecule has 0 radical (unpaired) electrons. The van der Waals surface area contributed by atoms with Gasteiger partial charge in [-0.25, -0.2) is 0 Å². The lowest BCUT2D eigenvalue weighted by atomic mass is 10.00. The van der Waals surface area contributed by atoms with Crippen LogP contribution in [-0.2, 0) is 4.79 Å². The zero-order valence-electron chi connectivity index (χ0n) is 11.7. The average Bonchev–Trinajstić information content (AvgIpc) is 2.48. The van der Waals surface area contributed by atoms with Crippen molar-refractivity contribution in [3.8, 4) is 11.5 Å². The molecule has 0 aromatic heterocycles. The van der Waals surface area contributed by atoms with Gasteiger partial charge in [-0.1, -0.05) is 25.1 Å². The molecule has 0 bridgehead atoms. The third kappa shape index (κ3) is 4.18. The van der Waals surface area contributed by atoms with Gasteiger partial charge in [-0.2, -0.15) is 0 Å². The SMILES string of the molecule is C[C@@H](CC(=O)c1ccc(Oc2ccccc2)cc1)C(=O)O. The smallest absolute Gasteiger partial charge is 0.306 e. The molecule has 2 rings (SSSR count). The van der Waals surface area contributed by atoms with E-state index in [-0.39, 0.29) is 12.2 Å². The van der Waals surface area contributed by atoms with Crippen LogP contribution in [0.15, 0.2) is 54.6 Å². The Hall–Kier alpha value is -2.62. The van der Waals surface area contributed by atoms with Crippen molar-refractivity contribution >= 4 is 11.8 Å². The maximum absolute atomic E-state index is 11.9. The molecule has 0 amide bonds. The van der Waals surface area contributed by atoms with Gasteiger partial charge >= 0.3 is 5.97 Å². The second-order valence-electron chi connectivity index (χ2n) is 4.81. The maximum atomic E-state index is 11.9. The zero-order chi connectivity index (χ0) is 15.2. The molecule has 1 N–H and O–H groups in total. The second-order valence-corrected chi connectivity index (χ2v) is 4.81. The van der Waals surface area contributed by atoms with Gasteiger partial charge in [0, 0.05) is 12.0 Å². The van der Waals surface area contributed by atoms with Crippen LogP contribution in [0.3, 0.4) is 0 Å². The predicted octanol–water partition coefficient (Wildman–Crippen LogP) is 3.77. The van der Waals surface area contributed by atoms with Crippen LogP contribution in [0.2, 0.25) is 0 Å². The van der Waals surface area contributed by atoms with Crippen LogP contribution in [0.4, 0.5) is 0 Å². The van der Waals surface area contributed by atoms with Gasteiger partial charge in [0.25, 0.3) is 0 Å². The van der Waals surface area contributed by atoms with Gasteiger partial charge in [0.2, 0.25) is 0 Å². The highest BCUT2D eigenvalue weighted by Crippen LogP contribution is 2.22. The number of benzene rings is 2. The number of rotatable bonds is 6. The molecule has 0 saturated carbocycles. The van der Waals surface area contributed by atoms with Crippen molar-refractivity contribution in [3.63, 3.8) is 0 Å². The summed E-state index contributed by atoms with van der Waals surface area (Å²) in [6, 6.07) is 16.0. The maximum Gasteiger partial charge on any atom is 0.306 e. The first kappa shape index (κ1) is 14.8. The van der Waals surface area contributed by atoms with Crippen LogP contribution in [0.25, 0.3) is 0 Å². The van der Waals surface area contributed by atoms with E-state index in [1.165, 1.54) is 6.92 Å². The second kappa shape index (κ2) is 6.70. The number of Topliss-reactive ketones (excluding diaryl/α,β-unsaturated/α-hetero) is 1. The van der Waals surface area contributed by atoms with E-state index in [1.54, 1.807) is 24.3 Å². The molecule has 0 fully saturated rings. The molecule has 108 valence electrons. The third-order valence-electron chi connectivity index (χ3n) is 3.07. The lowest BCUT2D eigenvalue weighted by Crippen LogP contribution is -2.14. The van der Waals surface area contributed by atoms with E-state index in [0.717, 1.165) is 5.75 Å². The summed E-state index contributed by atoms with van der Waals surface area (Å²) in [5, 5.41) is 8.81. The molecule has 21 heavy (non-hydrogen) atoms. The summed E-state index contributed by atoms with van der Waals surface area (Å²) in [7, 11) is 0. The number of ketones is 1. The molecule has 0 aliphatic carbocycles. The van der Waals surface area contributed by atoms with Gasteiger partial charge in [0.15, 0.2) is 5.78 Å². The van der Waals surface area contributed by atoms with Gasteiger partial charge in [-0.15, -0.1) is 0 Å². The molecule has 2 aromatic carbocycles. The first-order valence-corrected chi connectivity index (χ1v) is 6.65. The van der Waals surface area contributed by atoms with Crippen LogP contribution in [0, 0.1) is 5.92 Å². The molecule has 0 saturated heterocycles. The predicted molar refractivity (Wildman–Crippen MR) is 78.7 cm³/mol. The summed E-state index contributed by atoms with van der Waals surface area (Å²) in [4.78, 5) is 22.7. The van der Waals surface area contributed by atoms with E-state index < -0.39 is 11.9 Å². The number of carbonyl (C=O) groups excluding carboxylic acids is 1. The lowest BCUT2D eigenvalue weighted by Gasteiger charge is -2.07. The van der Waals surface area contributed by atoms with E-state index >= 15 is 0 Å². The standard InChI is InChI=1S/C17H16O4/c1-12(17(19)20)11-16(18)13-7-9-15(10-8-13)21-14-5-3-2-4-6-14/h2-10,12H,11H2,1H3,(H,19,20)/t12-/m0/s1. The summed E-state index contributed by atoms with van der Waals surface area (Å²) in [6.45, 7) is 1.52. The van der Waals surface area contributed by atoms with Crippen LogP contribution in [-0.4, -0.2) is 16.9 Å². The number of carbonyl (C=O) groups is 2. The van der Waals surface area contributed by atoms with Gasteiger partial charge in [-0.3, -0.25) is 9.59 Å². The van der Waals surface area contributed by atoms with Crippen LogP contribution < -0.4 is 4.74 Å².